The van der Waals surface area contributed by atoms with Gasteiger partial charge in [0.1, 0.15) is 11.6 Å². The van der Waals surface area contributed by atoms with Crippen molar-refractivity contribution < 1.29 is 19.0 Å². The van der Waals surface area contributed by atoms with E-state index in [1.54, 1.807) is 20.3 Å². The Morgan fingerprint density at radius 3 is 2.88 bits per heavy atom. The number of nitriles is 1. The third-order valence-corrected chi connectivity index (χ3v) is 4.45. The SMILES string of the molecule is COc1cc(/C=C(\C#N)C(=O)NC[C@@H]2CCCO2)cc(I)c1OC. The number of ether oxygens (including phenoxy) is 3. The molecule has 1 heterocycles. The molecule has 0 aliphatic carbocycles. The predicted octanol–water partition coefficient (Wildman–Crippen LogP) is 2.51. The van der Waals surface area contributed by atoms with Crippen molar-refractivity contribution in [2.75, 3.05) is 27.4 Å². The van der Waals surface area contributed by atoms with Crippen molar-refractivity contribution in [3.63, 3.8) is 0 Å². The van der Waals surface area contributed by atoms with Crippen LogP contribution in [0, 0.1) is 14.9 Å². The smallest absolute Gasteiger partial charge is 0.262 e. The van der Waals surface area contributed by atoms with Gasteiger partial charge in [-0.1, -0.05) is 0 Å². The molecule has 1 aromatic carbocycles. The molecule has 0 spiro atoms. The van der Waals surface area contributed by atoms with Gasteiger partial charge in [-0.25, -0.2) is 0 Å². The van der Waals surface area contributed by atoms with Crippen LogP contribution in [0.5, 0.6) is 11.5 Å². The van der Waals surface area contributed by atoms with Crippen LogP contribution < -0.4 is 14.8 Å². The Kier molecular flexibility index (Phi) is 6.87. The number of benzene rings is 1. The van der Waals surface area contributed by atoms with Gasteiger partial charge in [0.15, 0.2) is 11.5 Å². The lowest BCUT2D eigenvalue weighted by molar-refractivity contribution is -0.117. The van der Waals surface area contributed by atoms with Crippen molar-refractivity contribution in [2.24, 2.45) is 0 Å². The Balaban J connectivity index is 2.15. The van der Waals surface area contributed by atoms with Crippen molar-refractivity contribution >= 4 is 34.6 Å². The van der Waals surface area contributed by atoms with Crippen molar-refractivity contribution in [1.29, 1.82) is 5.26 Å². The minimum absolute atomic E-state index is 0.0379. The van der Waals surface area contributed by atoms with Crippen LogP contribution in [-0.4, -0.2) is 39.4 Å². The Bertz CT molecular complexity index is 676. The quantitative estimate of drug-likeness (QED) is 0.416. The fraction of sp³-hybridized carbons (Fsp3) is 0.412. The lowest BCUT2D eigenvalue weighted by Gasteiger charge is -2.11. The molecule has 0 radical (unpaired) electrons. The molecule has 1 N–H and O–H groups in total. The van der Waals surface area contributed by atoms with E-state index < -0.39 is 5.91 Å². The molecule has 6 nitrogen and oxygen atoms in total. The number of carbonyl (C=O) groups is 1. The maximum atomic E-state index is 12.2. The van der Waals surface area contributed by atoms with E-state index in [-0.39, 0.29) is 11.7 Å². The maximum absolute atomic E-state index is 12.2. The lowest BCUT2D eigenvalue weighted by Crippen LogP contribution is -2.32. The Morgan fingerprint density at radius 2 is 2.29 bits per heavy atom. The van der Waals surface area contributed by atoms with E-state index in [1.807, 2.05) is 12.1 Å². The zero-order valence-electron chi connectivity index (χ0n) is 13.6. The van der Waals surface area contributed by atoms with Crippen molar-refractivity contribution in [1.82, 2.24) is 5.32 Å². The van der Waals surface area contributed by atoms with Crippen LogP contribution >= 0.6 is 22.6 Å². The van der Waals surface area contributed by atoms with Crippen LogP contribution in [0.1, 0.15) is 18.4 Å². The summed E-state index contributed by atoms with van der Waals surface area (Å²) in [6.07, 6.45) is 3.51. The third kappa shape index (κ3) is 4.61. The van der Waals surface area contributed by atoms with E-state index in [4.69, 9.17) is 14.2 Å². The van der Waals surface area contributed by atoms with E-state index in [0.29, 0.717) is 23.6 Å². The Morgan fingerprint density at radius 1 is 1.50 bits per heavy atom. The summed E-state index contributed by atoms with van der Waals surface area (Å²) in [7, 11) is 3.11. The minimum atomic E-state index is -0.405. The molecule has 1 amide bonds. The first kappa shape index (κ1) is 18.5. The molecule has 1 aliphatic rings. The van der Waals surface area contributed by atoms with Crippen LogP contribution in [-0.2, 0) is 9.53 Å². The second-order valence-corrected chi connectivity index (χ2v) is 6.42. The van der Waals surface area contributed by atoms with Gasteiger partial charge in [0.25, 0.3) is 5.91 Å². The number of halogens is 1. The van der Waals surface area contributed by atoms with Crippen LogP contribution in [0.15, 0.2) is 17.7 Å². The van der Waals surface area contributed by atoms with Crippen LogP contribution in [0.2, 0.25) is 0 Å². The number of hydrogen-bond acceptors (Lipinski definition) is 5. The molecule has 128 valence electrons. The van der Waals surface area contributed by atoms with Gasteiger partial charge in [-0.3, -0.25) is 4.79 Å². The largest absolute Gasteiger partial charge is 0.493 e. The van der Waals surface area contributed by atoms with E-state index in [9.17, 15) is 10.1 Å². The van der Waals surface area contributed by atoms with E-state index in [2.05, 4.69) is 27.9 Å². The zero-order valence-corrected chi connectivity index (χ0v) is 15.8. The summed E-state index contributed by atoms with van der Waals surface area (Å²) in [4.78, 5) is 12.2. The number of hydrogen-bond donors (Lipinski definition) is 1. The molecular weight excluding hydrogens is 423 g/mol. The monoisotopic (exact) mass is 442 g/mol. The van der Waals surface area contributed by atoms with E-state index >= 15 is 0 Å². The number of methoxy groups -OCH3 is 2. The number of carbonyl (C=O) groups excluding carboxylic acids is 1. The van der Waals surface area contributed by atoms with Gasteiger partial charge in [0.05, 0.1) is 23.9 Å². The maximum Gasteiger partial charge on any atom is 0.262 e. The highest BCUT2D eigenvalue weighted by atomic mass is 127. The second kappa shape index (κ2) is 8.89. The minimum Gasteiger partial charge on any atom is -0.493 e. The summed E-state index contributed by atoms with van der Waals surface area (Å²) in [5.74, 6) is 0.766. The van der Waals surface area contributed by atoms with E-state index in [0.717, 1.165) is 23.0 Å². The normalized spacial score (nSPS) is 17.2. The van der Waals surface area contributed by atoms with Crippen LogP contribution in [0.25, 0.3) is 6.08 Å². The first-order valence-corrected chi connectivity index (χ1v) is 8.60. The number of nitrogens with one attached hydrogen (secondary N) is 1. The van der Waals surface area contributed by atoms with Crippen LogP contribution in [0.4, 0.5) is 0 Å². The fourth-order valence-electron chi connectivity index (χ4n) is 2.44. The first-order chi connectivity index (χ1) is 11.6. The van der Waals surface area contributed by atoms with Gasteiger partial charge in [-0.2, -0.15) is 5.26 Å². The summed E-state index contributed by atoms with van der Waals surface area (Å²) in [6.45, 7) is 1.15. The molecular formula is C17H19IN2O4. The van der Waals surface area contributed by atoms with Gasteiger partial charge >= 0.3 is 0 Å². The summed E-state index contributed by atoms with van der Waals surface area (Å²) < 4.78 is 16.9. The standard InChI is InChI=1S/C17H19IN2O4/c1-22-15-8-11(7-14(18)16(15)23-2)6-12(9-19)17(21)20-10-13-4-3-5-24-13/h6-8,13H,3-5,10H2,1-2H3,(H,20,21)/b12-6+/t13-/m0/s1. The second-order valence-electron chi connectivity index (χ2n) is 5.25. The molecule has 0 saturated carbocycles. The number of amides is 1. The third-order valence-electron chi connectivity index (χ3n) is 3.65. The molecule has 1 aliphatic heterocycles. The van der Waals surface area contributed by atoms with E-state index in [1.165, 1.54) is 6.08 Å². The van der Waals surface area contributed by atoms with Crippen LogP contribution in [0.3, 0.4) is 0 Å². The molecule has 1 fully saturated rings. The average molecular weight is 442 g/mol. The molecule has 1 atom stereocenters. The summed E-state index contributed by atoms with van der Waals surface area (Å²) >= 11 is 2.12. The fourth-order valence-corrected chi connectivity index (χ4v) is 3.29. The molecule has 24 heavy (non-hydrogen) atoms. The molecule has 2 rings (SSSR count). The van der Waals surface area contributed by atoms with Crippen molar-refractivity contribution in [2.45, 2.75) is 18.9 Å². The lowest BCUT2D eigenvalue weighted by atomic mass is 10.1. The summed E-state index contributed by atoms with van der Waals surface area (Å²) in [6, 6.07) is 5.50. The highest BCUT2D eigenvalue weighted by Gasteiger charge is 2.18. The molecule has 7 heteroatoms. The average Bonchev–Trinajstić information content (AvgIpc) is 3.10. The van der Waals surface area contributed by atoms with Crippen molar-refractivity contribution in [3.8, 4) is 17.6 Å². The molecule has 1 aromatic rings. The Labute approximate surface area is 154 Å². The topological polar surface area (TPSA) is 80.6 Å². The zero-order chi connectivity index (χ0) is 17.5. The van der Waals surface area contributed by atoms with Gasteiger partial charge in [-0.15, -0.1) is 0 Å². The molecule has 0 unspecified atom stereocenters. The highest BCUT2D eigenvalue weighted by Crippen LogP contribution is 2.34. The molecule has 0 aromatic heterocycles. The highest BCUT2D eigenvalue weighted by molar-refractivity contribution is 14.1. The number of nitrogens with zero attached hydrogens (tertiary/aromatic N) is 1. The summed E-state index contributed by atoms with van der Waals surface area (Å²) in [5.41, 5.74) is 0.733. The Hall–Kier alpha value is -1.79. The van der Waals surface area contributed by atoms with Crippen molar-refractivity contribution in [3.05, 3.63) is 26.8 Å². The number of rotatable bonds is 6. The van der Waals surface area contributed by atoms with Gasteiger partial charge < -0.3 is 19.5 Å². The van der Waals surface area contributed by atoms with Gasteiger partial charge in [-0.05, 0) is 59.2 Å². The summed E-state index contributed by atoms with van der Waals surface area (Å²) in [5, 5.41) is 12.0. The predicted molar refractivity (Wildman–Crippen MR) is 97.8 cm³/mol. The first-order valence-electron chi connectivity index (χ1n) is 7.52. The van der Waals surface area contributed by atoms with Gasteiger partial charge in [0, 0.05) is 13.2 Å². The molecule has 1 saturated heterocycles. The van der Waals surface area contributed by atoms with Gasteiger partial charge in [0.2, 0.25) is 0 Å². The molecule has 0 bridgehead atoms.